The number of rotatable bonds is 15. The van der Waals surface area contributed by atoms with Crippen LogP contribution in [0.1, 0.15) is 53.1 Å². The van der Waals surface area contributed by atoms with E-state index in [9.17, 15) is 9.59 Å². The standard InChI is InChI=1S/C31H38N6O3/c1-22(26-9-4-7-24-6-2-3-8-27(24)26)36-31(40)28(10-5-15-32-18-19-38)37-30(39)25-13-11-23(12-14-25)20-33-21-29-34-16-17-35-29/h2-4,6-9,11-14,16-17,22,28,32-33,38H,5,10,15,18-21H2,1H3,(H,34,35)(H,36,40)(H,37,39)/t22?,28-/m0/s1. The van der Waals surface area contributed by atoms with Crippen LogP contribution in [0.5, 0.6) is 0 Å². The van der Waals surface area contributed by atoms with Crippen LogP contribution in [0, 0.1) is 0 Å². The predicted molar refractivity (Wildman–Crippen MR) is 157 cm³/mol. The Morgan fingerprint density at radius 3 is 2.50 bits per heavy atom. The van der Waals surface area contributed by atoms with Gasteiger partial charge in [-0.1, -0.05) is 54.6 Å². The molecule has 0 aliphatic heterocycles. The fourth-order valence-electron chi connectivity index (χ4n) is 4.66. The quantitative estimate of drug-likeness (QED) is 0.128. The number of aromatic amines is 1. The van der Waals surface area contributed by atoms with E-state index < -0.39 is 6.04 Å². The number of H-pyrrole nitrogens is 1. The minimum Gasteiger partial charge on any atom is -0.395 e. The summed E-state index contributed by atoms with van der Waals surface area (Å²) in [6.45, 7) is 4.40. The van der Waals surface area contributed by atoms with Crippen LogP contribution in [-0.2, 0) is 17.9 Å². The lowest BCUT2D eigenvalue weighted by Gasteiger charge is -2.23. The van der Waals surface area contributed by atoms with E-state index in [0.717, 1.165) is 27.7 Å². The molecule has 0 saturated carbocycles. The summed E-state index contributed by atoms with van der Waals surface area (Å²) in [6.07, 6.45) is 4.64. The van der Waals surface area contributed by atoms with Gasteiger partial charge < -0.3 is 31.4 Å². The minimum atomic E-state index is -0.699. The molecule has 40 heavy (non-hydrogen) atoms. The highest BCUT2D eigenvalue weighted by Crippen LogP contribution is 2.24. The second-order valence-electron chi connectivity index (χ2n) is 9.78. The predicted octanol–water partition coefficient (Wildman–Crippen LogP) is 3.19. The number of imidazole rings is 1. The number of hydrogen-bond acceptors (Lipinski definition) is 6. The molecule has 1 aromatic heterocycles. The molecule has 0 bridgehead atoms. The Morgan fingerprint density at radius 1 is 0.925 bits per heavy atom. The van der Waals surface area contributed by atoms with Crippen molar-refractivity contribution in [2.45, 2.75) is 44.9 Å². The van der Waals surface area contributed by atoms with Gasteiger partial charge in [-0.05, 0) is 60.3 Å². The monoisotopic (exact) mass is 542 g/mol. The average molecular weight is 543 g/mol. The highest BCUT2D eigenvalue weighted by Gasteiger charge is 2.23. The number of aliphatic hydroxyl groups is 1. The van der Waals surface area contributed by atoms with Crippen LogP contribution in [0.15, 0.2) is 79.1 Å². The molecule has 9 nitrogen and oxygen atoms in total. The summed E-state index contributed by atoms with van der Waals surface area (Å²) >= 11 is 0. The number of nitrogens with zero attached hydrogens (tertiary/aromatic N) is 1. The molecule has 9 heteroatoms. The molecule has 210 valence electrons. The van der Waals surface area contributed by atoms with Crippen molar-refractivity contribution < 1.29 is 14.7 Å². The lowest BCUT2D eigenvalue weighted by molar-refractivity contribution is -0.123. The molecule has 3 aromatic carbocycles. The van der Waals surface area contributed by atoms with Gasteiger partial charge in [0.25, 0.3) is 5.91 Å². The van der Waals surface area contributed by atoms with Crippen LogP contribution in [0.2, 0.25) is 0 Å². The van der Waals surface area contributed by atoms with Gasteiger partial charge in [-0.25, -0.2) is 4.98 Å². The van der Waals surface area contributed by atoms with Crippen molar-refractivity contribution in [3.63, 3.8) is 0 Å². The zero-order valence-electron chi connectivity index (χ0n) is 22.8. The summed E-state index contributed by atoms with van der Waals surface area (Å²) in [5.74, 6) is 0.340. The van der Waals surface area contributed by atoms with E-state index >= 15 is 0 Å². The van der Waals surface area contributed by atoms with Crippen molar-refractivity contribution >= 4 is 22.6 Å². The van der Waals surface area contributed by atoms with E-state index in [1.54, 1.807) is 24.5 Å². The van der Waals surface area contributed by atoms with E-state index in [1.807, 2.05) is 43.3 Å². The molecule has 0 fully saturated rings. The molecule has 2 amide bonds. The molecule has 1 unspecified atom stereocenters. The van der Waals surface area contributed by atoms with Crippen LogP contribution in [-0.4, -0.2) is 52.6 Å². The number of nitrogens with one attached hydrogen (secondary N) is 5. The van der Waals surface area contributed by atoms with Crippen molar-refractivity contribution in [2.75, 3.05) is 19.7 Å². The van der Waals surface area contributed by atoms with E-state index in [0.29, 0.717) is 44.6 Å². The highest BCUT2D eigenvalue weighted by molar-refractivity contribution is 5.97. The first-order valence-electron chi connectivity index (χ1n) is 13.7. The topological polar surface area (TPSA) is 131 Å². The third-order valence-corrected chi connectivity index (χ3v) is 6.80. The van der Waals surface area contributed by atoms with Crippen molar-refractivity contribution in [1.29, 1.82) is 0 Å². The summed E-state index contributed by atoms with van der Waals surface area (Å²) in [7, 11) is 0. The Kier molecular flexibility index (Phi) is 10.8. The van der Waals surface area contributed by atoms with Gasteiger partial charge in [0.15, 0.2) is 0 Å². The van der Waals surface area contributed by atoms with Gasteiger partial charge in [0.05, 0.1) is 19.2 Å². The lowest BCUT2D eigenvalue weighted by atomic mass is 9.99. The SMILES string of the molecule is CC(NC(=O)[C@H](CCCNCCO)NC(=O)c1ccc(CNCc2ncc[nH]2)cc1)c1cccc2ccccc12. The molecule has 0 spiro atoms. The summed E-state index contributed by atoms with van der Waals surface area (Å²) in [6, 6.07) is 20.6. The van der Waals surface area contributed by atoms with Crippen molar-refractivity contribution in [2.24, 2.45) is 0 Å². The van der Waals surface area contributed by atoms with Crippen LogP contribution >= 0.6 is 0 Å². The average Bonchev–Trinajstić information content (AvgIpc) is 3.50. The third-order valence-electron chi connectivity index (χ3n) is 6.80. The van der Waals surface area contributed by atoms with Crippen LogP contribution in [0.4, 0.5) is 0 Å². The smallest absolute Gasteiger partial charge is 0.251 e. The van der Waals surface area contributed by atoms with Gasteiger partial charge in [0.1, 0.15) is 11.9 Å². The number of aromatic nitrogens is 2. The molecule has 4 aromatic rings. The summed E-state index contributed by atoms with van der Waals surface area (Å²) in [5, 5.41) is 23.7. The first-order chi connectivity index (χ1) is 19.5. The van der Waals surface area contributed by atoms with Gasteiger partial charge >= 0.3 is 0 Å². The molecule has 1 heterocycles. The maximum Gasteiger partial charge on any atom is 0.251 e. The van der Waals surface area contributed by atoms with Crippen LogP contribution in [0.25, 0.3) is 10.8 Å². The second-order valence-corrected chi connectivity index (χ2v) is 9.78. The van der Waals surface area contributed by atoms with E-state index in [-0.39, 0.29) is 24.5 Å². The number of carbonyl (C=O) groups excluding carboxylic acids is 2. The summed E-state index contributed by atoms with van der Waals surface area (Å²) in [4.78, 5) is 33.8. The molecule has 4 rings (SSSR count). The van der Waals surface area contributed by atoms with E-state index in [1.165, 1.54) is 0 Å². The Morgan fingerprint density at radius 2 is 1.73 bits per heavy atom. The van der Waals surface area contributed by atoms with Gasteiger partial charge in [-0.15, -0.1) is 0 Å². The number of hydrogen-bond donors (Lipinski definition) is 6. The van der Waals surface area contributed by atoms with Gasteiger partial charge in [0, 0.05) is 31.0 Å². The van der Waals surface area contributed by atoms with Gasteiger partial charge in [-0.3, -0.25) is 9.59 Å². The first-order valence-corrected chi connectivity index (χ1v) is 13.7. The summed E-state index contributed by atoms with van der Waals surface area (Å²) in [5.41, 5.74) is 2.56. The normalized spacial score (nSPS) is 12.7. The molecular formula is C31H38N6O3. The van der Waals surface area contributed by atoms with Gasteiger partial charge in [0.2, 0.25) is 5.91 Å². The van der Waals surface area contributed by atoms with Crippen LogP contribution < -0.4 is 21.3 Å². The molecule has 2 atom stereocenters. The highest BCUT2D eigenvalue weighted by atomic mass is 16.3. The largest absolute Gasteiger partial charge is 0.395 e. The zero-order chi connectivity index (χ0) is 28.2. The molecule has 0 aliphatic rings. The van der Waals surface area contributed by atoms with Gasteiger partial charge in [-0.2, -0.15) is 0 Å². The second kappa shape index (κ2) is 14.9. The van der Waals surface area contributed by atoms with Crippen LogP contribution in [0.3, 0.4) is 0 Å². The lowest BCUT2D eigenvalue weighted by Crippen LogP contribution is -2.47. The Bertz CT molecular complexity index is 1350. The molecule has 0 aliphatic carbocycles. The Hall–Kier alpha value is -4.05. The maximum atomic E-state index is 13.4. The Labute approximate surface area is 234 Å². The molecular weight excluding hydrogens is 504 g/mol. The summed E-state index contributed by atoms with van der Waals surface area (Å²) < 4.78 is 0. The number of amides is 2. The number of aliphatic hydroxyl groups excluding tert-OH is 1. The third kappa shape index (κ3) is 8.22. The molecule has 0 saturated heterocycles. The van der Waals surface area contributed by atoms with E-state index in [2.05, 4.69) is 49.4 Å². The minimum absolute atomic E-state index is 0.0531. The number of benzene rings is 3. The molecule has 0 radical (unpaired) electrons. The van der Waals surface area contributed by atoms with Crippen molar-refractivity contribution in [3.8, 4) is 0 Å². The maximum absolute atomic E-state index is 13.4. The zero-order valence-corrected chi connectivity index (χ0v) is 22.8. The fourth-order valence-corrected chi connectivity index (χ4v) is 4.66. The first kappa shape index (κ1) is 28.9. The van der Waals surface area contributed by atoms with Crippen molar-refractivity contribution in [3.05, 3.63) is 102 Å². The number of carbonyl (C=O) groups is 2. The Balaban J connectivity index is 1.38. The number of fused-ring (bicyclic) bond motifs is 1. The molecule has 6 N–H and O–H groups in total. The van der Waals surface area contributed by atoms with E-state index in [4.69, 9.17) is 5.11 Å². The fraction of sp³-hybridized carbons (Fsp3) is 0.323. The van der Waals surface area contributed by atoms with Crippen molar-refractivity contribution in [1.82, 2.24) is 31.2 Å².